The molecule has 4 nitrogen and oxygen atoms in total. The topological polar surface area (TPSA) is 35.9 Å². The maximum Gasteiger partial charge on any atom is 0.258 e. The van der Waals surface area contributed by atoms with E-state index < -0.39 is 0 Å². The molecule has 0 N–H and O–H groups in total. The lowest BCUT2D eigenvalue weighted by Crippen LogP contribution is -2.26. The fraction of sp³-hybridized carbons (Fsp3) is 0.300. The molecule has 0 spiro atoms. The molecule has 0 unspecified atom stereocenters. The molecule has 2 aromatic rings. The van der Waals surface area contributed by atoms with Crippen LogP contribution in [0.4, 0.5) is 11.4 Å². The van der Waals surface area contributed by atoms with E-state index in [-0.39, 0.29) is 5.91 Å². The number of rotatable bonds is 5. The van der Waals surface area contributed by atoms with Crippen molar-refractivity contribution in [3.63, 3.8) is 0 Å². The highest BCUT2D eigenvalue weighted by Crippen LogP contribution is 2.25. The molecule has 0 saturated carbocycles. The Labute approximate surface area is 144 Å². The first-order chi connectivity index (χ1) is 11.4. The molecule has 24 heavy (non-hydrogen) atoms. The molecule has 0 aliphatic rings. The number of hydrogen-bond donors (Lipinski definition) is 0. The van der Waals surface area contributed by atoms with Gasteiger partial charge in [-0.2, -0.15) is 0 Å². The number of carbonyl (C=O) groups is 1. The van der Waals surface area contributed by atoms with Crippen LogP contribution in [0, 0.1) is 13.8 Å². The van der Waals surface area contributed by atoms with Crippen LogP contribution in [0.5, 0.6) is 0 Å². The largest absolute Gasteiger partial charge is 0.366 e. The zero-order chi connectivity index (χ0) is 17.7. The third kappa shape index (κ3) is 4.02. The Morgan fingerprint density at radius 1 is 1.08 bits per heavy atom. The normalized spacial score (nSPS) is 10.9. The van der Waals surface area contributed by atoms with E-state index in [4.69, 9.17) is 0 Å². The predicted molar refractivity (Wildman–Crippen MR) is 102 cm³/mol. The standard InChI is InChI=1S/C20H25N3O/c1-6-22(4)14-21-19-13-15(2)18(12-16(19)3)20(24)23(5)17-10-8-7-9-11-17/h7-14H,6H2,1-5H3. The predicted octanol–water partition coefficient (Wildman–Crippen LogP) is 4.19. The van der Waals surface area contributed by atoms with Gasteiger partial charge in [0.25, 0.3) is 5.91 Å². The van der Waals surface area contributed by atoms with Gasteiger partial charge in [-0.05, 0) is 56.2 Å². The fourth-order valence-corrected chi connectivity index (χ4v) is 2.36. The molecule has 0 aliphatic heterocycles. The van der Waals surface area contributed by atoms with Crippen molar-refractivity contribution in [1.29, 1.82) is 0 Å². The minimum Gasteiger partial charge on any atom is -0.366 e. The Kier molecular flexibility index (Phi) is 5.74. The van der Waals surface area contributed by atoms with Crippen LogP contribution < -0.4 is 4.90 Å². The number of hydrogen-bond acceptors (Lipinski definition) is 2. The van der Waals surface area contributed by atoms with Crippen molar-refractivity contribution in [3.05, 3.63) is 59.2 Å². The van der Waals surface area contributed by atoms with Gasteiger partial charge in [0, 0.05) is 31.9 Å². The first kappa shape index (κ1) is 17.7. The van der Waals surface area contributed by atoms with E-state index in [9.17, 15) is 4.79 Å². The number of para-hydroxylation sites is 1. The molecular formula is C20H25N3O. The molecule has 0 aromatic heterocycles. The van der Waals surface area contributed by atoms with Crippen molar-refractivity contribution in [3.8, 4) is 0 Å². The third-order valence-electron chi connectivity index (χ3n) is 4.11. The van der Waals surface area contributed by atoms with E-state index in [1.165, 1.54) is 0 Å². The highest BCUT2D eigenvalue weighted by molar-refractivity contribution is 6.07. The van der Waals surface area contributed by atoms with Gasteiger partial charge in [-0.15, -0.1) is 0 Å². The SMILES string of the molecule is CCN(C)C=Nc1cc(C)c(C(=O)N(C)c2ccccc2)cc1C. The molecule has 126 valence electrons. The van der Waals surface area contributed by atoms with Gasteiger partial charge in [0.05, 0.1) is 12.0 Å². The maximum atomic E-state index is 12.8. The zero-order valence-corrected chi connectivity index (χ0v) is 15.1. The number of anilines is 1. The van der Waals surface area contributed by atoms with Gasteiger partial charge in [0.1, 0.15) is 0 Å². The Balaban J connectivity index is 2.30. The van der Waals surface area contributed by atoms with Gasteiger partial charge in [-0.3, -0.25) is 4.79 Å². The minimum absolute atomic E-state index is 0.0111. The van der Waals surface area contributed by atoms with E-state index in [0.717, 1.165) is 29.0 Å². The molecule has 0 heterocycles. The smallest absolute Gasteiger partial charge is 0.258 e. The quantitative estimate of drug-likeness (QED) is 0.611. The molecular weight excluding hydrogens is 298 g/mol. The summed E-state index contributed by atoms with van der Waals surface area (Å²) in [7, 11) is 3.78. The lowest BCUT2D eigenvalue weighted by molar-refractivity contribution is 0.0992. The molecule has 0 fully saturated rings. The molecule has 2 rings (SSSR count). The molecule has 1 amide bonds. The van der Waals surface area contributed by atoms with Gasteiger partial charge in [-0.1, -0.05) is 18.2 Å². The van der Waals surface area contributed by atoms with Crippen LogP contribution in [-0.4, -0.2) is 37.8 Å². The van der Waals surface area contributed by atoms with E-state index in [1.807, 2.05) is 74.6 Å². The summed E-state index contributed by atoms with van der Waals surface area (Å²) >= 11 is 0. The number of carbonyl (C=O) groups excluding carboxylic acids is 1. The van der Waals surface area contributed by atoms with E-state index in [1.54, 1.807) is 11.9 Å². The summed E-state index contributed by atoms with van der Waals surface area (Å²) in [6.45, 7) is 6.91. The molecule has 0 aliphatic carbocycles. The van der Waals surface area contributed by atoms with Crippen molar-refractivity contribution in [2.24, 2.45) is 4.99 Å². The van der Waals surface area contributed by atoms with Crippen LogP contribution in [0.15, 0.2) is 47.5 Å². The average molecular weight is 323 g/mol. The number of aliphatic imine (C=N–C) groups is 1. The summed E-state index contributed by atoms with van der Waals surface area (Å²) in [4.78, 5) is 21.0. The van der Waals surface area contributed by atoms with Crippen molar-refractivity contribution < 1.29 is 4.79 Å². The fourth-order valence-electron chi connectivity index (χ4n) is 2.36. The van der Waals surface area contributed by atoms with Crippen LogP contribution in [-0.2, 0) is 0 Å². The number of benzene rings is 2. The lowest BCUT2D eigenvalue weighted by atomic mass is 10.0. The van der Waals surface area contributed by atoms with Gasteiger partial charge in [0.2, 0.25) is 0 Å². The first-order valence-electron chi connectivity index (χ1n) is 8.12. The minimum atomic E-state index is -0.0111. The first-order valence-corrected chi connectivity index (χ1v) is 8.12. The number of nitrogens with zero attached hydrogens (tertiary/aromatic N) is 3. The second-order valence-electron chi connectivity index (χ2n) is 5.97. The molecule has 2 aromatic carbocycles. The van der Waals surface area contributed by atoms with Crippen LogP contribution in [0.3, 0.4) is 0 Å². The molecule has 0 bridgehead atoms. The highest BCUT2D eigenvalue weighted by atomic mass is 16.2. The summed E-state index contributed by atoms with van der Waals surface area (Å²) in [5.41, 5.74) is 4.41. The van der Waals surface area contributed by atoms with Crippen molar-refractivity contribution in [2.75, 3.05) is 25.5 Å². The number of aryl methyl sites for hydroxylation is 2. The summed E-state index contributed by atoms with van der Waals surface area (Å²) in [5, 5.41) is 0. The van der Waals surface area contributed by atoms with Gasteiger partial charge >= 0.3 is 0 Å². The summed E-state index contributed by atoms with van der Waals surface area (Å²) in [5.74, 6) is -0.0111. The molecule has 4 heteroatoms. The van der Waals surface area contributed by atoms with E-state index in [0.29, 0.717) is 5.56 Å². The summed E-state index contributed by atoms with van der Waals surface area (Å²) in [6.07, 6.45) is 1.82. The van der Waals surface area contributed by atoms with Gasteiger partial charge < -0.3 is 9.80 Å². The summed E-state index contributed by atoms with van der Waals surface area (Å²) in [6, 6.07) is 13.6. The summed E-state index contributed by atoms with van der Waals surface area (Å²) < 4.78 is 0. The number of amides is 1. The Morgan fingerprint density at radius 2 is 1.75 bits per heavy atom. The van der Waals surface area contributed by atoms with Crippen LogP contribution in [0.1, 0.15) is 28.4 Å². The second-order valence-corrected chi connectivity index (χ2v) is 5.97. The molecule has 0 saturated heterocycles. The monoisotopic (exact) mass is 323 g/mol. The molecule has 0 radical (unpaired) electrons. The maximum absolute atomic E-state index is 12.8. The molecule has 0 atom stereocenters. The van der Waals surface area contributed by atoms with E-state index in [2.05, 4.69) is 11.9 Å². The van der Waals surface area contributed by atoms with Crippen molar-refractivity contribution in [1.82, 2.24) is 4.90 Å². The van der Waals surface area contributed by atoms with Gasteiger partial charge in [0.15, 0.2) is 0 Å². The van der Waals surface area contributed by atoms with Crippen LogP contribution in [0.25, 0.3) is 0 Å². The zero-order valence-electron chi connectivity index (χ0n) is 15.1. The average Bonchev–Trinajstić information content (AvgIpc) is 2.61. The van der Waals surface area contributed by atoms with Gasteiger partial charge in [-0.25, -0.2) is 4.99 Å². The Bertz CT molecular complexity index is 738. The van der Waals surface area contributed by atoms with E-state index >= 15 is 0 Å². The lowest BCUT2D eigenvalue weighted by Gasteiger charge is -2.19. The van der Waals surface area contributed by atoms with Crippen LogP contribution in [0.2, 0.25) is 0 Å². The Morgan fingerprint density at radius 3 is 2.38 bits per heavy atom. The third-order valence-corrected chi connectivity index (χ3v) is 4.11. The van der Waals surface area contributed by atoms with Crippen LogP contribution >= 0.6 is 0 Å². The second kappa shape index (κ2) is 7.77. The van der Waals surface area contributed by atoms with Crippen molar-refractivity contribution >= 4 is 23.6 Å². The van der Waals surface area contributed by atoms with Crippen molar-refractivity contribution in [2.45, 2.75) is 20.8 Å². The Hall–Kier alpha value is -2.62. The highest BCUT2D eigenvalue weighted by Gasteiger charge is 2.17.